The van der Waals surface area contributed by atoms with Crippen LogP contribution in [0.5, 0.6) is 0 Å². The smallest absolute Gasteiger partial charge is 0.282 e. The van der Waals surface area contributed by atoms with Crippen molar-refractivity contribution in [3.63, 3.8) is 0 Å². The third-order valence-electron chi connectivity index (χ3n) is 2.53. The second-order valence-electron chi connectivity index (χ2n) is 4.03. The highest BCUT2D eigenvalue weighted by molar-refractivity contribution is 7.80. The fraction of sp³-hybridized carbons (Fsp3) is 0.385. The summed E-state index contributed by atoms with van der Waals surface area (Å²) in [5.74, 6) is -0.607. The van der Waals surface area contributed by atoms with Crippen LogP contribution in [0.25, 0.3) is 0 Å². The number of ether oxygens (including phenoxy) is 1. The molecule has 114 valence electrons. The Kier molecular flexibility index (Phi) is 7.27. The minimum absolute atomic E-state index is 0.0269. The molecule has 0 aromatic heterocycles. The van der Waals surface area contributed by atoms with Crippen molar-refractivity contribution in [2.45, 2.75) is 13.3 Å². The van der Waals surface area contributed by atoms with Gasteiger partial charge in [-0.1, -0.05) is 12.1 Å². The second kappa shape index (κ2) is 8.98. The van der Waals surface area contributed by atoms with Crippen LogP contribution >= 0.6 is 12.2 Å². The first-order chi connectivity index (χ1) is 10.1. The molecule has 1 rings (SSSR count). The highest BCUT2D eigenvalue weighted by Crippen LogP contribution is 2.17. The zero-order valence-corrected chi connectivity index (χ0v) is 12.4. The molecule has 0 spiro atoms. The minimum Gasteiger partial charge on any atom is -0.382 e. The lowest BCUT2D eigenvalue weighted by molar-refractivity contribution is -0.385. The zero-order valence-electron chi connectivity index (χ0n) is 11.6. The molecule has 0 radical (unpaired) electrons. The van der Waals surface area contributed by atoms with Crippen LogP contribution in [-0.2, 0) is 4.74 Å². The molecule has 1 aromatic carbocycles. The molecular formula is C13H17N3O4S. The standard InChI is InChI=1S/C13H17N3O4S/c1-2-20-9-5-8-14-13(21)15-12(17)10-6-3-4-7-11(10)16(18)19/h3-4,6-7H,2,5,8-9H2,1H3,(H2,14,15,17,21). The number of hydrogen-bond acceptors (Lipinski definition) is 5. The number of nitro groups is 1. The lowest BCUT2D eigenvalue weighted by Crippen LogP contribution is -2.40. The summed E-state index contributed by atoms with van der Waals surface area (Å²) in [6, 6.07) is 5.71. The monoisotopic (exact) mass is 311 g/mol. The van der Waals surface area contributed by atoms with Crippen molar-refractivity contribution in [2.75, 3.05) is 19.8 Å². The van der Waals surface area contributed by atoms with Crippen molar-refractivity contribution in [1.82, 2.24) is 10.6 Å². The Morgan fingerprint density at radius 1 is 1.43 bits per heavy atom. The van der Waals surface area contributed by atoms with Crippen molar-refractivity contribution < 1.29 is 14.5 Å². The predicted octanol–water partition coefficient (Wildman–Crippen LogP) is 1.63. The Morgan fingerprint density at radius 3 is 2.81 bits per heavy atom. The molecule has 0 atom stereocenters. The molecule has 0 heterocycles. The summed E-state index contributed by atoms with van der Waals surface area (Å²) >= 11 is 4.96. The predicted molar refractivity (Wildman–Crippen MR) is 82.3 cm³/mol. The molecule has 0 aliphatic carbocycles. The number of nitrogens with one attached hydrogen (secondary N) is 2. The molecule has 0 saturated carbocycles. The summed E-state index contributed by atoms with van der Waals surface area (Å²) < 4.78 is 5.16. The number of carbonyl (C=O) groups excluding carboxylic acids is 1. The first-order valence-corrected chi connectivity index (χ1v) is 6.87. The Balaban J connectivity index is 2.50. The third-order valence-corrected chi connectivity index (χ3v) is 2.77. The highest BCUT2D eigenvalue weighted by atomic mass is 32.1. The average Bonchev–Trinajstić information content (AvgIpc) is 2.47. The molecule has 0 unspecified atom stereocenters. The van der Waals surface area contributed by atoms with E-state index < -0.39 is 10.8 Å². The minimum atomic E-state index is -0.607. The van der Waals surface area contributed by atoms with E-state index in [1.807, 2.05) is 6.92 Å². The van der Waals surface area contributed by atoms with Gasteiger partial charge in [-0.15, -0.1) is 0 Å². The van der Waals surface area contributed by atoms with Gasteiger partial charge in [0.1, 0.15) is 5.56 Å². The Labute approximate surface area is 127 Å². The second-order valence-corrected chi connectivity index (χ2v) is 4.44. The van der Waals surface area contributed by atoms with Crippen LogP contribution in [0.15, 0.2) is 24.3 Å². The quantitative estimate of drug-likeness (QED) is 0.344. The van der Waals surface area contributed by atoms with Crippen LogP contribution in [0.3, 0.4) is 0 Å². The van der Waals surface area contributed by atoms with E-state index in [4.69, 9.17) is 17.0 Å². The lowest BCUT2D eigenvalue weighted by Gasteiger charge is -2.09. The number of thiocarbonyl (C=S) groups is 1. The van der Waals surface area contributed by atoms with E-state index in [0.717, 1.165) is 6.42 Å². The number of nitro benzene ring substituents is 1. The summed E-state index contributed by atoms with van der Waals surface area (Å²) in [5.41, 5.74) is -0.282. The zero-order chi connectivity index (χ0) is 15.7. The maximum atomic E-state index is 11.9. The molecule has 7 nitrogen and oxygen atoms in total. The summed E-state index contributed by atoms with van der Waals surface area (Å²) in [6.45, 7) is 3.71. The van der Waals surface area contributed by atoms with Gasteiger partial charge in [-0.3, -0.25) is 20.2 Å². The maximum Gasteiger partial charge on any atom is 0.282 e. The van der Waals surface area contributed by atoms with E-state index >= 15 is 0 Å². The average molecular weight is 311 g/mol. The summed E-state index contributed by atoms with van der Waals surface area (Å²) in [7, 11) is 0. The largest absolute Gasteiger partial charge is 0.382 e. The van der Waals surface area contributed by atoms with Crippen LogP contribution in [0.1, 0.15) is 23.7 Å². The number of amides is 1. The van der Waals surface area contributed by atoms with Gasteiger partial charge >= 0.3 is 0 Å². The molecule has 2 N–H and O–H groups in total. The van der Waals surface area contributed by atoms with E-state index in [-0.39, 0.29) is 16.4 Å². The normalized spacial score (nSPS) is 9.95. The molecule has 0 saturated heterocycles. The van der Waals surface area contributed by atoms with Crippen LogP contribution in [0.4, 0.5) is 5.69 Å². The van der Waals surface area contributed by atoms with Gasteiger partial charge in [0.2, 0.25) is 0 Å². The molecule has 0 aliphatic rings. The van der Waals surface area contributed by atoms with Gasteiger partial charge in [0.05, 0.1) is 4.92 Å². The fourth-order valence-electron chi connectivity index (χ4n) is 1.56. The SMILES string of the molecule is CCOCCCNC(=S)NC(=O)c1ccccc1[N+](=O)[O-]. The van der Waals surface area contributed by atoms with Crippen molar-refractivity contribution in [3.05, 3.63) is 39.9 Å². The Bertz CT molecular complexity index is 522. The van der Waals surface area contributed by atoms with Crippen LogP contribution < -0.4 is 10.6 Å². The highest BCUT2D eigenvalue weighted by Gasteiger charge is 2.19. The number of rotatable bonds is 7. The molecule has 1 amide bonds. The number of hydrogen-bond donors (Lipinski definition) is 2. The van der Waals surface area contributed by atoms with Crippen LogP contribution in [0, 0.1) is 10.1 Å². The molecule has 21 heavy (non-hydrogen) atoms. The summed E-state index contributed by atoms with van der Waals surface area (Å²) in [4.78, 5) is 22.2. The molecule has 0 aliphatic heterocycles. The summed E-state index contributed by atoms with van der Waals surface area (Å²) in [5, 5.41) is 16.2. The van der Waals surface area contributed by atoms with Gasteiger partial charge in [0.15, 0.2) is 5.11 Å². The van der Waals surface area contributed by atoms with Gasteiger partial charge < -0.3 is 10.1 Å². The fourth-order valence-corrected chi connectivity index (χ4v) is 1.75. The van der Waals surface area contributed by atoms with Gasteiger partial charge in [0, 0.05) is 25.8 Å². The lowest BCUT2D eigenvalue weighted by atomic mass is 10.1. The van der Waals surface area contributed by atoms with E-state index in [1.165, 1.54) is 18.2 Å². The van der Waals surface area contributed by atoms with Crippen molar-refractivity contribution >= 4 is 28.9 Å². The Morgan fingerprint density at radius 2 is 2.14 bits per heavy atom. The molecule has 0 bridgehead atoms. The van der Waals surface area contributed by atoms with Crippen molar-refractivity contribution in [1.29, 1.82) is 0 Å². The van der Waals surface area contributed by atoms with Crippen LogP contribution in [0.2, 0.25) is 0 Å². The van der Waals surface area contributed by atoms with E-state index in [9.17, 15) is 14.9 Å². The molecular weight excluding hydrogens is 294 g/mol. The molecule has 1 aromatic rings. The van der Waals surface area contributed by atoms with Crippen molar-refractivity contribution in [2.24, 2.45) is 0 Å². The van der Waals surface area contributed by atoms with Gasteiger partial charge in [-0.05, 0) is 31.6 Å². The first-order valence-electron chi connectivity index (χ1n) is 6.46. The van der Waals surface area contributed by atoms with Crippen LogP contribution in [-0.4, -0.2) is 35.7 Å². The summed E-state index contributed by atoms with van der Waals surface area (Å²) in [6.07, 6.45) is 0.745. The van der Waals surface area contributed by atoms with E-state index in [2.05, 4.69) is 10.6 Å². The topological polar surface area (TPSA) is 93.5 Å². The maximum absolute atomic E-state index is 11.9. The van der Waals surface area contributed by atoms with Gasteiger partial charge in [-0.2, -0.15) is 0 Å². The van der Waals surface area contributed by atoms with Gasteiger partial charge in [-0.25, -0.2) is 0 Å². The number of nitrogens with zero attached hydrogens (tertiary/aromatic N) is 1. The number of carbonyl (C=O) groups is 1. The molecule has 8 heteroatoms. The van der Waals surface area contributed by atoms with E-state index in [1.54, 1.807) is 6.07 Å². The number of benzene rings is 1. The first kappa shape index (κ1) is 17.0. The van der Waals surface area contributed by atoms with Crippen molar-refractivity contribution in [3.8, 4) is 0 Å². The molecule has 0 fully saturated rings. The third kappa shape index (κ3) is 5.84. The van der Waals surface area contributed by atoms with E-state index in [0.29, 0.717) is 19.8 Å². The van der Waals surface area contributed by atoms with Gasteiger partial charge in [0.25, 0.3) is 11.6 Å². The Hall–Kier alpha value is -2.06. The number of para-hydroxylation sites is 1.